The molecule has 0 atom stereocenters. The Labute approximate surface area is 232 Å². The third-order valence-corrected chi connectivity index (χ3v) is 6.92. The molecule has 0 aliphatic carbocycles. The summed E-state index contributed by atoms with van der Waals surface area (Å²) in [6, 6.07) is 17.4. The lowest BCUT2D eigenvalue weighted by Crippen LogP contribution is -2.16. The molecule has 0 aliphatic rings. The topological polar surface area (TPSA) is 151 Å². The minimum atomic E-state index is -4.77. The first kappa shape index (κ1) is 27.3. The van der Waals surface area contributed by atoms with Gasteiger partial charge in [-0.25, -0.2) is 4.98 Å². The van der Waals surface area contributed by atoms with Crippen molar-refractivity contribution in [1.29, 1.82) is 0 Å². The Bertz CT molecular complexity index is 1800. The van der Waals surface area contributed by atoms with E-state index in [0.29, 0.717) is 16.9 Å². The number of carbonyl (C=O) groups is 2. The molecular formula is C27H17F3N4O6S. The quantitative estimate of drug-likeness (QED) is 0.158. The Kier molecular flexibility index (Phi) is 7.15. The highest BCUT2D eigenvalue weighted by molar-refractivity contribution is 7.21. The van der Waals surface area contributed by atoms with Gasteiger partial charge < -0.3 is 20.2 Å². The van der Waals surface area contributed by atoms with Gasteiger partial charge in [-0.15, -0.1) is 11.3 Å². The van der Waals surface area contributed by atoms with Gasteiger partial charge in [-0.2, -0.15) is 13.2 Å². The van der Waals surface area contributed by atoms with Crippen molar-refractivity contribution >= 4 is 44.7 Å². The Morgan fingerprint density at radius 2 is 1.78 bits per heavy atom. The highest BCUT2D eigenvalue weighted by Gasteiger charge is 2.35. The number of fused-ring (bicyclic) bond motifs is 1. The minimum Gasteiger partial charge on any atom is -0.479 e. The summed E-state index contributed by atoms with van der Waals surface area (Å²) in [5.74, 6) is -1.88. The fraction of sp³-hybridized carbons (Fsp3) is 0.0741. The smallest absolute Gasteiger partial charge is 0.433 e. The minimum absolute atomic E-state index is 0.00471. The van der Waals surface area contributed by atoms with Crippen LogP contribution in [0, 0.1) is 10.1 Å². The van der Waals surface area contributed by atoms with Gasteiger partial charge in [-0.05, 0) is 35.4 Å². The van der Waals surface area contributed by atoms with Gasteiger partial charge in [0.05, 0.1) is 10.6 Å². The molecule has 0 radical (unpaired) electrons. The van der Waals surface area contributed by atoms with Crippen molar-refractivity contribution in [2.45, 2.75) is 12.8 Å². The summed E-state index contributed by atoms with van der Waals surface area (Å²) >= 11 is 0.617. The second-order valence-electron chi connectivity index (χ2n) is 8.50. The summed E-state index contributed by atoms with van der Waals surface area (Å²) in [6.45, 7) is -0.242. The Morgan fingerprint density at radius 1 is 1.07 bits per heavy atom. The first-order chi connectivity index (χ1) is 19.5. The van der Waals surface area contributed by atoms with Crippen LogP contribution in [0.4, 0.5) is 24.5 Å². The van der Waals surface area contributed by atoms with Gasteiger partial charge in [-0.1, -0.05) is 42.5 Å². The molecule has 0 bridgehead atoms. The molecule has 0 saturated carbocycles. The van der Waals surface area contributed by atoms with Gasteiger partial charge in [0.15, 0.2) is 11.5 Å². The van der Waals surface area contributed by atoms with Gasteiger partial charge in [0, 0.05) is 11.5 Å². The van der Waals surface area contributed by atoms with Crippen LogP contribution < -0.4 is 15.8 Å². The number of rotatable bonds is 8. The first-order valence-electron chi connectivity index (χ1n) is 11.7. The Balaban J connectivity index is 1.49. The number of nitro benzene ring substituents is 1. The van der Waals surface area contributed by atoms with E-state index in [4.69, 9.17) is 14.9 Å². The normalized spacial score (nSPS) is 11.4. The number of halogens is 3. The number of primary amides is 1. The van der Waals surface area contributed by atoms with Crippen molar-refractivity contribution in [3.63, 3.8) is 0 Å². The number of benzene rings is 2. The third kappa shape index (κ3) is 5.58. The predicted octanol–water partition coefficient (Wildman–Crippen LogP) is 6.41. The van der Waals surface area contributed by atoms with Crippen molar-refractivity contribution in [3.8, 4) is 16.9 Å². The van der Waals surface area contributed by atoms with Gasteiger partial charge in [0.1, 0.15) is 27.8 Å². The van der Waals surface area contributed by atoms with Gasteiger partial charge in [0.2, 0.25) is 0 Å². The standard InChI is InChI=1S/C27H17F3N4O6S/c28-27(29,30)20-12-16(14-6-2-1-3-7-14)21-22(23(24(31)35)41-26(21)32-20)33-25(36)19-11-10-15(40-19)13-39-18-9-5-4-8-17(18)34(37)38/h1-12H,13H2,(H2,31,35)(H,33,36). The predicted molar refractivity (Wildman–Crippen MR) is 143 cm³/mol. The molecule has 3 heterocycles. The zero-order valence-corrected chi connectivity index (χ0v) is 21.4. The van der Waals surface area contributed by atoms with Gasteiger partial charge in [-0.3, -0.25) is 19.7 Å². The zero-order chi connectivity index (χ0) is 29.3. The van der Waals surface area contributed by atoms with E-state index < -0.39 is 28.6 Å². The number of furan rings is 1. The van der Waals surface area contributed by atoms with Crippen LogP contribution in [-0.4, -0.2) is 21.7 Å². The number of nitrogens with zero attached hydrogens (tertiary/aromatic N) is 2. The molecular weight excluding hydrogens is 565 g/mol. The number of aromatic nitrogens is 1. The summed E-state index contributed by atoms with van der Waals surface area (Å²) in [6.07, 6.45) is -4.77. The molecule has 0 saturated heterocycles. The Hall–Kier alpha value is -5.24. The summed E-state index contributed by atoms with van der Waals surface area (Å²) in [5.41, 5.74) is 4.45. The second kappa shape index (κ2) is 10.7. The molecule has 3 N–H and O–H groups in total. The van der Waals surface area contributed by atoms with Crippen LogP contribution in [0.25, 0.3) is 21.3 Å². The number of carbonyl (C=O) groups excluding carboxylic acids is 2. The van der Waals surface area contributed by atoms with E-state index in [-0.39, 0.29) is 55.9 Å². The number of nitro groups is 1. The number of hydrogen-bond acceptors (Lipinski definition) is 8. The molecule has 0 fully saturated rings. The molecule has 0 spiro atoms. The van der Waals surface area contributed by atoms with E-state index in [9.17, 15) is 32.9 Å². The number of nitrogens with two attached hydrogens (primary N) is 1. The van der Waals surface area contributed by atoms with Crippen LogP contribution in [0.15, 0.2) is 77.2 Å². The van der Waals surface area contributed by atoms with E-state index >= 15 is 0 Å². The number of para-hydroxylation sites is 2. The van der Waals surface area contributed by atoms with Crippen molar-refractivity contribution in [1.82, 2.24) is 4.98 Å². The van der Waals surface area contributed by atoms with Crippen LogP contribution in [0.3, 0.4) is 0 Å². The van der Waals surface area contributed by atoms with Gasteiger partial charge >= 0.3 is 11.9 Å². The van der Waals surface area contributed by atoms with Crippen LogP contribution in [0.5, 0.6) is 5.75 Å². The van der Waals surface area contributed by atoms with E-state index in [1.807, 2.05) is 0 Å². The van der Waals surface area contributed by atoms with Gasteiger partial charge in [0.25, 0.3) is 11.8 Å². The molecule has 5 rings (SSSR count). The molecule has 0 unspecified atom stereocenters. The molecule has 0 aliphatic heterocycles. The fourth-order valence-electron chi connectivity index (χ4n) is 4.01. The molecule has 10 nitrogen and oxygen atoms in total. The van der Waals surface area contributed by atoms with Crippen molar-refractivity contribution < 1.29 is 36.8 Å². The molecule has 5 aromatic rings. The largest absolute Gasteiger partial charge is 0.479 e. The van der Waals surface area contributed by atoms with Crippen LogP contribution in [0.2, 0.25) is 0 Å². The number of hydrogen-bond donors (Lipinski definition) is 2. The number of anilines is 1. The summed E-state index contributed by atoms with van der Waals surface area (Å²) in [5, 5.41) is 13.8. The number of ether oxygens (including phenoxy) is 1. The zero-order valence-electron chi connectivity index (χ0n) is 20.6. The molecule has 14 heteroatoms. The Morgan fingerprint density at radius 3 is 2.46 bits per heavy atom. The number of amides is 2. The van der Waals surface area contributed by atoms with Crippen LogP contribution >= 0.6 is 11.3 Å². The van der Waals surface area contributed by atoms with Crippen molar-refractivity contribution in [2.24, 2.45) is 5.73 Å². The number of pyridine rings is 1. The molecule has 3 aromatic heterocycles. The van der Waals surface area contributed by atoms with Crippen molar-refractivity contribution in [2.75, 3.05) is 5.32 Å². The van der Waals surface area contributed by atoms with Crippen LogP contribution in [0.1, 0.15) is 31.7 Å². The lowest BCUT2D eigenvalue weighted by molar-refractivity contribution is -0.386. The third-order valence-electron chi connectivity index (χ3n) is 5.82. The molecule has 2 aromatic carbocycles. The lowest BCUT2D eigenvalue weighted by Gasteiger charge is -2.12. The lowest BCUT2D eigenvalue weighted by atomic mass is 10.0. The summed E-state index contributed by atoms with van der Waals surface area (Å²) < 4.78 is 52.0. The SMILES string of the molecule is NC(=O)c1sc2nc(C(F)(F)F)cc(-c3ccccc3)c2c1NC(=O)c1ccc(COc2ccccc2[N+](=O)[O-])o1. The number of nitrogens with one attached hydrogen (secondary N) is 1. The average molecular weight is 583 g/mol. The monoisotopic (exact) mass is 582 g/mol. The second-order valence-corrected chi connectivity index (χ2v) is 9.50. The fourth-order valence-corrected chi connectivity index (χ4v) is 5.02. The van der Waals surface area contributed by atoms with E-state index in [0.717, 1.165) is 6.07 Å². The van der Waals surface area contributed by atoms with E-state index in [1.165, 1.54) is 30.3 Å². The maximum absolute atomic E-state index is 13.7. The van der Waals surface area contributed by atoms with E-state index in [2.05, 4.69) is 10.3 Å². The number of thiophene rings is 1. The van der Waals surface area contributed by atoms with Crippen LogP contribution in [-0.2, 0) is 12.8 Å². The molecule has 2 amide bonds. The maximum Gasteiger partial charge on any atom is 0.433 e. The summed E-state index contributed by atoms with van der Waals surface area (Å²) in [7, 11) is 0. The summed E-state index contributed by atoms with van der Waals surface area (Å²) in [4.78, 5) is 39.4. The molecule has 41 heavy (non-hydrogen) atoms. The number of alkyl halides is 3. The highest BCUT2D eigenvalue weighted by atomic mass is 32.1. The highest BCUT2D eigenvalue weighted by Crippen LogP contribution is 2.43. The first-order valence-corrected chi connectivity index (χ1v) is 12.5. The molecule has 208 valence electrons. The van der Waals surface area contributed by atoms with E-state index in [1.54, 1.807) is 36.4 Å². The maximum atomic E-state index is 13.7. The average Bonchev–Trinajstić information content (AvgIpc) is 3.57. The van der Waals surface area contributed by atoms with Crippen molar-refractivity contribution in [3.05, 3.63) is 105 Å².